The lowest BCUT2D eigenvalue weighted by Gasteiger charge is -2.26. The molecule has 0 aliphatic carbocycles. The third-order valence-corrected chi connectivity index (χ3v) is 8.27. The predicted octanol–water partition coefficient (Wildman–Crippen LogP) is 11.5. The van der Waals surface area contributed by atoms with Crippen molar-refractivity contribution < 1.29 is 0 Å². The van der Waals surface area contributed by atoms with Gasteiger partial charge >= 0.3 is 0 Å². The first-order valence-corrected chi connectivity index (χ1v) is 15.8. The monoisotopic (exact) mass is 607 g/mol. The fraction of sp³-hybridized carbons (Fsp3) is 0.195. The molecule has 1 heterocycles. The molecule has 6 rings (SSSR count). The molecule has 4 heteroatoms. The molecule has 0 saturated carbocycles. The van der Waals surface area contributed by atoms with E-state index in [1.807, 2.05) is 72.8 Å². The molecule has 0 atom stereocenters. The lowest BCUT2D eigenvalue weighted by atomic mass is 9.79. The van der Waals surface area contributed by atoms with Crippen molar-refractivity contribution in [3.63, 3.8) is 0 Å². The summed E-state index contributed by atoms with van der Waals surface area (Å²) in [6.07, 6.45) is 0. The van der Waals surface area contributed by atoms with Gasteiger partial charge in [-0.1, -0.05) is 150 Å². The summed E-state index contributed by atoms with van der Waals surface area (Å²) in [6.45, 7) is 13.6. The van der Waals surface area contributed by atoms with E-state index in [0.717, 1.165) is 27.8 Å². The molecule has 0 N–H and O–H groups in total. The number of hydrogen-bond acceptors (Lipinski definition) is 3. The maximum Gasteiger partial charge on any atom is 0.164 e. The molecule has 3 nitrogen and oxygen atoms in total. The molecule has 224 valence electrons. The van der Waals surface area contributed by atoms with Gasteiger partial charge in [0.15, 0.2) is 17.5 Å². The van der Waals surface area contributed by atoms with Gasteiger partial charge in [-0.25, -0.2) is 15.0 Å². The van der Waals surface area contributed by atoms with Crippen molar-refractivity contribution in [1.29, 1.82) is 0 Å². The van der Waals surface area contributed by atoms with Crippen LogP contribution in [-0.4, -0.2) is 15.0 Å². The summed E-state index contributed by atoms with van der Waals surface area (Å²) in [5.41, 5.74) is 9.91. The van der Waals surface area contributed by atoms with Crippen molar-refractivity contribution in [1.82, 2.24) is 15.0 Å². The van der Waals surface area contributed by atoms with Crippen molar-refractivity contribution in [2.24, 2.45) is 0 Å². The summed E-state index contributed by atoms with van der Waals surface area (Å²) in [7, 11) is 0. The molecule has 0 fully saturated rings. The van der Waals surface area contributed by atoms with E-state index in [1.165, 1.54) is 22.3 Å². The third-order valence-electron chi connectivity index (χ3n) is 8.05. The molecule has 0 spiro atoms. The van der Waals surface area contributed by atoms with Gasteiger partial charge in [0, 0.05) is 21.7 Å². The van der Waals surface area contributed by atoms with Crippen LogP contribution in [0.15, 0.2) is 121 Å². The maximum atomic E-state index is 6.79. The van der Waals surface area contributed by atoms with E-state index in [4.69, 9.17) is 26.6 Å². The van der Waals surface area contributed by atoms with Gasteiger partial charge in [0.05, 0.1) is 0 Å². The molecule has 0 aliphatic rings. The van der Waals surface area contributed by atoms with Crippen molar-refractivity contribution >= 4 is 11.6 Å². The Labute approximate surface area is 272 Å². The zero-order valence-corrected chi connectivity index (χ0v) is 27.5. The van der Waals surface area contributed by atoms with Crippen LogP contribution in [0.5, 0.6) is 0 Å². The Balaban J connectivity index is 1.46. The number of halogens is 1. The normalized spacial score (nSPS) is 11.9. The van der Waals surface area contributed by atoms with E-state index in [1.54, 1.807) is 0 Å². The lowest BCUT2D eigenvalue weighted by Crippen LogP contribution is -2.16. The second-order valence-corrected chi connectivity index (χ2v) is 14.1. The van der Waals surface area contributed by atoms with Gasteiger partial charge in [-0.15, -0.1) is 0 Å². The van der Waals surface area contributed by atoms with E-state index in [-0.39, 0.29) is 10.8 Å². The Morgan fingerprint density at radius 1 is 0.378 bits per heavy atom. The van der Waals surface area contributed by atoms with Crippen LogP contribution in [0.2, 0.25) is 5.02 Å². The van der Waals surface area contributed by atoms with Crippen LogP contribution in [-0.2, 0) is 10.8 Å². The Bertz CT molecular complexity index is 1880. The van der Waals surface area contributed by atoms with Crippen molar-refractivity contribution in [2.45, 2.75) is 52.4 Å². The maximum absolute atomic E-state index is 6.79. The fourth-order valence-electron chi connectivity index (χ4n) is 5.36. The summed E-state index contributed by atoms with van der Waals surface area (Å²) in [4.78, 5) is 14.7. The molecule has 6 aromatic rings. The molecule has 0 aliphatic heterocycles. The molecule has 0 radical (unpaired) electrons. The molecule has 0 saturated heterocycles. The van der Waals surface area contributed by atoms with Crippen LogP contribution in [0.25, 0.3) is 56.4 Å². The SMILES string of the molecule is CC(C)(C)c1cc(-c2cccc(-c3cc(Cl)cc(-c4nc(-c5ccccc5)nc(-c5ccccc5)n4)c3)c2)cc(C(C)(C)C)c1. The van der Waals surface area contributed by atoms with Crippen LogP contribution in [0, 0.1) is 0 Å². The Kier molecular flexibility index (Phi) is 8.16. The molecule has 0 bridgehead atoms. The first-order chi connectivity index (χ1) is 21.4. The molecular formula is C41H38ClN3. The zero-order chi connectivity index (χ0) is 31.8. The highest BCUT2D eigenvalue weighted by atomic mass is 35.5. The van der Waals surface area contributed by atoms with Crippen molar-refractivity contribution in [2.75, 3.05) is 0 Å². The number of nitrogens with zero attached hydrogens (tertiary/aromatic N) is 3. The second kappa shape index (κ2) is 12.1. The highest BCUT2D eigenvalue weighted by molar-refractivity contribution is 6.31. The van der Waals surface area contributed by atoms with Gasteiger partial charge in [0.1, 0.15) is 0 Å². The van der Waals surface area contributed by atoms with Gasteiger partial charge in [-0.05, 0) is 68.5 Å². The minimum atomic E-state index is 0.0389. The first-order valence-electron chi connectivity index (χ1n) is 15.4. The average Bonchev–Trinajstić information content (AvgIpc) is 3.04. The summed E-state index contributed by atoms with van der Waals surface area (Å²) < 4.78 is 0. The summed E-state index contributed by atoms with van der Waals surface area (Å²) in [6, 6.07) is 41.8. The smallest absolute Gasteiger partial charge is 0.164 e. The van der Waals surface area contributed by atoms with Crippen LogP contribution >= 0.6 is 11.6 Å². The fourth-order valence-corrected chi connectivity index (χ4v) is 5.60. The minimum Gasteiger partial charge on any atom is -0.208 e. The third kappa shape index (κ3) is 6.90. The molecule has 5 aromatic carbocycles. The van der Waals surface area contributed by atoms with Crippen LogP contribution in [0.3, 0.4) is 0 Å². The van der Waals surface area contributed by atoms with E-state index in [0.29, 0.717) is 22.5 Å². The highest BCUT2D eigenvalue weighted by Crippen LogP contribution is 2.36. The highest BCUT2D eigenvalue weighted by Gasteiger charge is 2.21. The number of hydrogen-bond donors (Lipinski definition) is 0. The lowest BCUT2D eigenvalue weighted by molar-refractivity contribution is 0.569. The van der Waals surface area contributed by atoms with Crippen molar-refractivity contribution in [3.05, 3.63) is 137 Å². The molecule has 45 heavy (non-hydrogen) atoms. The van der Waals surface area contributed by atoms with E-state index < -0.39 is 0 Å². The topological polar surface area (TPSA) is 38.7 Å². The average molecular weight is 608 g/mol. The van der Waals surface area contributed by atoms with Crippen LogP contribution in [0.1, 0.15) is 52.7 Å². The number of aromatic nitrogens is 3. The largest absolute Gasteiger partial charge is 0.208 e. The predicted molar refractivity (Wildman–Crippen MR) is 189 cm³/mol. The minimum absolute atomic E-state index is 0.0389. The number of rotatable bonds is 5. The van der Waals surface area contributed by atoms with Gasteiger partial charge in [0.2, 0.25) is 0 Å². The number of benzene rings is 5. The van der Waals surface area contributed by atoms with E-state index in [9.17, 15) is 0 Å². The van der Waals surface area contributed by atoms with E-state index in [2.05, 4.69) is 90.1 Å². The van der Waals surface area contributed by atoms with Crippen LogP contribution < -0.4 is 0 Å². The van der Waals surface area contributed by atoms with Gasteiger partial charge in [-0.2, -0.15) is 0 Å². The summed E-state index contributed by atoms with van der Waals surface area (Å²) in [5, 5.41) is 0.626. The Hall–Kier alpha value is -4.60. The molecule has 1 aromatic heterocycles. The molecular weight excluding hydrogens is 570 g/mol. The molecule has 0 amide bonds. The Morgan fingerprint density at radius 3 is 1.22 bits per heavy atom. The summed E-state index contributed by atoms with van der Waals surface area (Å²) in [5.74, 6) is 1.82. The Morgan fingerprint density at radius 2 is 0.756 bits per heavy atom. The van der Waals surface area contributed by atoms with Gasteiger partial charge in [-0.3, -0.25) is 0 Å². The quantitative estimate of drug-likeness (QED) is 0.196. The van der Waals surface area contributed by atoms with Crippen LogP contribution in [0.4, 0.5) is 0 Å². The first kappa shape index (κ1) is 30.4. The summed E-state index contributed by atoms with van der Waals surface area (Å²) >= 11 is 6.79. The second-order valence-electron chi connectivity index (χ2n) is 13.6. The van der Waals surface area contributed by atoms with E-state index >= 15 is 0 Å². The standard InChI is InChI=1S/C41H38ClN3/c1-40(2,3)34-22-32(23-35(26-34)41(4,5)6)30-19-13-18-29(20-30)31-21-33(25-36(42)24-31)39-44-37(27-14-9-7-10-15-27)43-38(45-39)28-16-11-8-12-17-28/h7-26H,1-6H3. The van der Waals surface area contributed by atoms with Gasteiger partial charge in [0.25, 0.3) is 0 Å². The van der Waals surface area contributed by atoms with Gasteiger partial charge < -0.3 is 0 Å². The zero-order valence-electron chi connectivity index (χ0n) is 26.8. The van der Waals surface area contributed by atoms with Crippen molar-refractivity contribution in [3.8, 4) is 56.4 Å². The molecule has 0 unspecified atom stereocenters.